The first-order valence-corrected chi connectivity index (χ1v) is 16.7. The monoisotopic (exact) mass is 599 g/mol. The van der Waals surface area contributed by atoms with E-state index in [1.165, 1.54) is 60.0 Å². The van der Waals surface area contributed by atoms with Gasteiger partial charge in [-0.15, -0.1) is 11.3 Å². The Balaban J connectivity index is 1.26. The maximum atomic E-state index is 2.45. The van der Waals surface area contributed by atoms with E-state index in [0.29, 0.717) is 0 Å². The maximum Gasteiger partial charge on any atom is 0.0476 e. The molecule has 1 aliphatic rings. The summed E-state index contributed by atoms with van der Waals surface area (Å²) in [6.45, 7) is 9.56. The Morgan fingerprint density at radius 2 is 1.04 bits per heavy atom. The Morgan fingerprint density at radius 3 is 1.87 bits per heavy atom. The van der Waals surface area contributed by atoms with Gasteiger partial charge in [-0.3, -0.25) is 0 Å². The third kappa shape index (κ3) is 4.85. The second kappa shape index (κ2) is 10.5. The Labute approximate surface area is 270 Å². The first kappa shape index (κ1) is 27.9. The van der Waals surface area contributed by atoms with Gasteiger partial charge in [0.15, 0.2) is 0 Å². The van der Waals surface area contributed by atoms with Crippen LogP contribution < -0.4 is 4.90 Å². The molecule has 0 amide bonds. The summed E-state index contributed by atoms with van der Waals surface area (Å²) in [5.41, 5.74) is 11.8. The molecule has 0 spiro atoms. The average molecular weight is 600 g/mol. The van der Waals surface area contributed by atoms with Crippen LogP contribution in [0, 0.1) is 0 Å². The van der Waals surface area contributed by atoms with Gasteiger partial charge in [-0.05, 0) is 93.1 Å². The van der Waals surface area contributed by atoms with Gasteiger partial charge in [0.1, 0.15) is 0 Å². The van der Waals surface area contributed by atoms with Gasteiger partial charge in [0.05, 0.1) is 0 Å². The second-order valence-corrected chi connectivity index (χ2v) is 14.9. The van der Waals surface area contributed by atoms with Crippen molar-refractivity contribution >= 4 is 48.6 Å². The zero-order valence-electron chi connectivity index (χ0n) is 26.3. The van der Waals surface area contributed by atoms with Crippen molar-refractivity contribution in [3.8, 4) is 22.3 Å². The molecule has 6 aromatic carbocycles. The van der Waals surface area contributed by atoms with E-state index in [1.807, 2.05) is 11.3 Å². The molecular weight excluding hydrogens is 563 g/mol. The molecule has 220 valence electrons. The molecule has 0 unspecified atom stereocenters. The van der Waals surface area contributed by atoms with Crippen molar-refractivity contribution in [2.24, 2.45) is 0 Å². The predicted octanol–water partition coefficient (Wildman–Crippen LogP) is 12.8. The molecule has 0 saturated heterocycles. The zero-order chi connectivity index (χ0) is 30.8. The summed E-state index contributed by atoms with van der Waals surface area (Å²) in [7, 11) is 0. The van der Waals surface area contributed by atoms with Crippen LogP contribution in [-0.4, -0.2) is 0 Å². The van der Waals surface area contributed by atoms with Crippen molar-refractivity contribution in [2.45, 2.75) is 44.9 Å². The normalized spacial score (nSPS) is 14.9. The maximum absolute atomic E-state index is 2.45. The smallest absolute Gasteiger partial charge is 0.0476 e. The van der Waals surface area contributed by atoms with Crippen LogP contribution in [0.2, 0.25) is 0 Å². The molecule has 0 N–H and O–H groups in total. The van der Waals surface area contributed by atoms with E-state index >= 15 is 0 Å². The topological polar surface area (TPSA) is 3.24 Å². The molecule has 0 saturated carbocycles. The summed E-state index contributed by atoms with van der Waals surface area (Å²) in [5, 5.41) is 2.64. The minimum Gasteiger partial charge on any atom is -0.310 e. The highest BCUT2D eigenvalue weighted by molar-refractivity contribution is 7.25. The Hall–Kier alpha value is -4.66. The van der Waals surface area contributed by atoms with E-state index < -0.39 is 0 Å². The van der Waals surface area contributed by atoms with Crippen LogP contribution in [0.3, 0.4) is 0 Å². The Kier molecular flexibility index (Phi) is 6.48. The predicted molar refractivity (Wildman–Crippen MR) is 196 cm³/mol. The molecule has 0 fully saturated rings. The second-order valence-electron chi connectivity index (χ2n) is 13.8. The summed E-state index contributed by atoms with van der Waals surface area (Å²) in [5.74, 6) is 0. The molecule has 2 heteroatoms. The van der Waals surface area contributed by atoms with Crippen molar-refractivity contribution < 1.29 is 0 Å². The summed E-state index contributed by atoms with van der Waals surface area (Å²) in [6, 6.07) is 51.5. The highest BCUT2D eigenvalue weighted by Crippen LogP contribution is 2.50. The number of rotatable bonds is 5. The minimum absolute atomic E-state index is 0.165. The SMILES string of the molecule is CC1(C)CC(C)(C)c2cc(-c3cccc(N(c4ccc(-c5ccccc5)cc4)c4ccc5c(c4)sc4ccccc45)c3)ccc21. The molecule has 0 bridgehead atoms. The minimum atomic E-state index is 0.165. The van der Waals surface area contributed by atoms with Crippen LogP contribution in [-0.2, 0) is 10.8 Å². The highest BCUT2D eigenvalue weighted by atomic mass is 32.1. The molecule has 0 radical (unpaired) electrons. The largest absolute Gasteiger partial charge is 0.310 e. The van der Waals surface area contributed by atoms with Crippen LogP contribution in [0.15, 0.2) is 140 Å². The number of thiophene rings is 1. The third-order valence-electron chi connectivity index (χ3n) is 9.65. The Morgan fingerprint density at radius 1 is 0.444 bits per heavy atom. The first-order chi connectivity index (χ1) is 21.8. The summed E-state index contributed by atoms with van der Waals surface area (Å²) < 4.78 is 2.63. The van der Waals surface area contributed by atoms with Gasteiger partial charge in [0, 0.05) is 37.2 Å². The van der Waals surface area contributed by atoms with Crippen molar-refractivity contribution in [3.63, 3.8) is 0 Å². The quantitative estimate of drug-likeness (QED) is 0.190. The molecule has 7 aromatic rings. The lowest BCUT2D eigenvalue weighted by Crippen LogP contribution is -2.17. The molecule has 1 aromatic heterocycles. The number of anilines is 3. The van der Waals surface area contributed by atoms with Gasteiger partial charge in [-0.1, -0.05) is 125 Å². The van der Waals surface area contributed by atoms with E-state index in [1.54, 1.807) is 0 Å². The van der Waals surface area contributed by atoms with Gasteiger partial charge in [-0.2, -0.15) is 0 Å². The van der Waals surface area contributed by atoms with E-state index in [-0.39, 0.29) is 10.8 Å². The summed E-state index contributed by atoms with van der Waals surface area (Å²) in [6.07, 6.45) is 1.17. The average Bonchev–Trinajstić information content (AvgIpc) is 3.51. The van der Waals surface area contributed by atoms with E-state index in [2.05, 4.69) is 172 Å². The number of hydrogen-bond donors (Lipinski definition) is 0. The van der Waals surface area contributed by atoms with Crippen molar-refractivity contribution in [3.05, 3.63) is 151 Å². The number of hydrogen-bond acceptors (Lipinski definition) is 2. The van der Waals surface area contributed by atoms with Gasteiger partial charge >= 0.3 is 0 Å². The molecule has 0 aliphatic heterocycles. The molecule has 45 heavy (non-hydrogen) atoms. The number of benzene rings is 6. The fraction of sp³-hybridized carbons (Fsp3) is 0.163. The lowest BCUT2D eigenvalue weighted by Gasteiger charge is -2.26. The standard InChI is InChI=1S/C43H37NS/c1-42(2)28-43(3,4)39-26-32(19-24-38(39)42)31-13-10-14-34(25-31)44(33-20-17-30(18-21-33)29-11-6-5-7-12-29)35-22-23-37-36-15-8-9-16-40(36)45-41(37)27-35/h5-27H,28H2,1-4H3. The summed E-state index contributed by atoms with van der Waals surface area (Å²) in [4.78, 5) is 2.41. The van der Waals surface area contributed by atoms with Gasteiger partial charge in [0.25, 0.3) is 0 Å². The molecule has 1 heterocycles. The molecule has 1 nitrogen and oxygen atoms in total. The molecule has 8 rings (SSSR count). The van der Waals surface area contributed by atoms with Crippen molar-refractivity contribution in [1.29, 1.82) is 0 Å². The van der Waals surface area contributed by atoms with Crippen LogP contribution in [0.1, 0.15) is 45.2 Å². The number of fused-ring (bicyclic) bond motifs is 4. The van der Waals surface area contributed by atoms with Gasteiger partial charge in [-0.25, -0.2) is 0 Å². The lowest BCUT2D eigenvalue weighted by atomic mass is 9.82. The Bertz CT molecular complexity index is 2180. The van der Waals surface area contributed by atoms with Crippen molar-refractivity contribution in [1.82, 2.24) is 0 Å². The van der Waals surface area contributed by atoms with Crippen LogP contribution in [0.4, 0.5) is 17.1 Å². The van der Waals surface area contributed by atoms with Gasteiger partial charge < -0.3 is 4.90 Å². The molecular formula is C43H37NS. The fourth-order valence-electron chi connectivity index (χ4n) is 7.73. The molecule has 0 atom stereocenters. The molecule has 1 aliphatic carbocycles. The van der Waals surface area contributed by atoms with E-state index in [0.717, 1.165) is 17.1 Å². The fourth-order valence-corrected chi connectivity index (χ4v) is 8.87. The van der Waals surface area contributed by atoms with Crippen molar-refractivity contribution in [2.75, 3.05) is 4.90 Å². The first-order valence-electron chi connectivity index (χ1n) is 15.9. The van der Waals surface area contributed by atoms with E-state index in [4.69, 9.17) is 0 Å². The third-order valence-corrected chi connectivity index (χ3v) is 10.8. The van der Waals surface area contributed by atoms with Gasteiger partial charge in [0.2, 0.25) is 0 Å². The van der Waals surface area contributed by atoms with Crippen LogP contribution in [0.5, 0.6) is 0 Å². The highest BCUT2D eigenvalue weighted by Gasteiger charge is 2.41. The van der Waals surface area contributed by atoms with Crippen LogP contribution >= 0.6 is 11.3 Å². The number of nitrogens with zero attached hydrogens (tertiary/aromatic N) is 1. The zero-order valence-corrected chi connectivity index (χ0v) is 27.2. The lowest BCUT2D eigenvalue weighted by molar-refractivity contribution is 0.403. The van der Waals surface area contributed by atoms with Crippen LogP contribution in [0.25, 0.3) is 42.4 Å². The summed E-state index contributed by atoms with van der Waals surface area (Å²) >= 11 is 1.87. The van der Waals surface area contributed by atoms with E-state index in [9.17, 15) is 0 Å².